The van der Waals surface area contributed by atoms with Crippen molar-refractivity contribution in [3.05, 3.63) is 77.9 Å². The van der Waals surface area contributed by atoms with Gasteiger partial charge in [-0.25, -0.2) is 4.39 Å². The Balaban J connectivity index is 1.80. The molecule has 1 aromatic heterocycles. The van der Waals surface area contributed by atoms with Gasteiger partial charge in [0.25, 0.3) is 0 Å². The van der Waals surface area contributed by atoms with Crippen molar-refractivity contribution >= 4 is 0 Å². The second kappa shape index (κ2) is 5.29. The zero-order valence-corrected chi connectivity index (χ0v) is 11.3. The summed E-state index contributed by atoms with van der Waals surface area (Å²) in [6, 6.07) is 14.9. The van der Waals surface area contributed by atoms with Crippen LogP contribution in [0.5, 0.6) is 0 Å². The van der Waals surface area contributed by atoms with Gasteiger partial charge < -0.3 is 0 Å². The van der Waals surface area contributed by atoms with E-state index in [4.69, 9.17) is 0 Å². The average Bonchev–Trinajstić information content (AvgIpc) is 2.91. The van der Waals surface area contributed by atoms with Gasteiger partial charge in [-0.1, -0.05) is 42.0 Å². The molecule has 0 N–H and O–H groups in total. The lowest BCUT2D eigenvalue weighted by molar-refractivity contribution is 0.628. The van der Waals surface area contributed by atoms with E-state index in [1.165, 1.54) is 23.3 Å². The van der Waals surface area contributed by atoms with Crippen LogP contribution in [0.25, 0.3) is 11.1 Å². The van der Waals surface area contributed by atoms with Crippen LogP contribution in [0, 0.1) is 12.7 Å². The van der Waals surface area contributed by atoms with Crippen LogP contribution in [0.15, 0.2) is 60.9 Å². The fraction of sp³-hybridized carbons (Fsp3) is 0.118. The third-order valence-corrected chi connectivity index (χ3v) is 3.28. The summed E-state index contributed by atoms with van der Waals surface area (Å²) in [5.74, 6) is -0.221. The lowest BCUT2D eigenvalue weighted by Crippen LogP contribution is -1.99. The number of aryl methyl sites for hydroxylation is 1. The predicted molar refractivity (Wildman–Crippen MR) is 77.9 cm³/mol. The highest BCUT2D eigenvalue weighted by atomic mass is 19.1. The van der Waals surface area contributed by atoms with E-state index in [1.807, 2.05) is 10.9 Å². The number of hydrogen-bond donors (Lipinski definition) is 0. The van der Waals surface area contributed by atoms with E-state index in [-0.39, 0.29) is 5.82 Å². The van der Waals surface area contributed by atoms with E-state index in [0.717, 1.165) is 17.7 Å². The molecule has 20 heavy (non-hydrogen) atoms. The van der Waals surface area contributed by atoms with E-state index in [1.54, 1.807) is 18.3 Å². The van der Waals surface area contributed by atoms with Crippen LogP contribution in [0.2, 0.25) is 0 Å². The van der Waals surface area contributed by atoms with Crippen molar-refractivity contribution in [2.75, 3.05) is 0 Å². The van der Waals surface area contributed by atoms with Gasteiger partial charge in [0.1, 0.15) is 5.82 Å². The maximum atomic E-state index is 12.9. The molecule has 100 valence electrons. The van der Waals surface area contributed by atoms with Crippen LogP contribution >= 0.6 is 0 Å². The lowest BCUT2D eigenvalue weighted by atomic mass is 10.1. The van der Waals surface area contributed by atoms with E-state index in [0.29, 0.717) is 0 Å². The minimum Gasteiger partial charge on any atom is -0.268 e. The van der Waals surface area contributed by atoms with Gasteiger partial charge in [-0.05, 0) is 30.2 Å². The maximum Gasteiger partial charge on any atom is 0.123 e. The number of aromatic nitrogens is 2. The molecule has 2 nitrogen and oxygen atoms in total. The molecule has 0 radical (unpaired) electrons. The van der Waals surface area contributed by atoms with Crippen LogP contribution in [-0.2, 0) is 6.54 Å². The third kappa shape index (κ3) is 2.77. The molecule has 0 aliphatic rings. The highest BCUT2D eigenvalue weighted by Crippen LogP contribution is 2.19. The number of benzene rings is 2. The van der Waals surface area contributed by atoms with Gasteiger partial charge >= 0.3 is 0 Å². The van der Waals surface area contributed by atoms with Crippen molar-refractivity contribution in [1.29, 1.82) is 0 Å². The minimum absolute atomic E-state index is 0.221. The fourth-order valence-corrected chi connectivity index (χ4v) is 2.12. The molecule has 0 aliphatic carbocycles. The highest BCUT2D eigenvalue weighted by molar-refractivity contribution is 5.61. The molecule has 0 saturated heterocycles. The molecule has 0 saturated carbocycles. The van der Waals surface area contributed by atoms with Gasteiger partial charge in [-0.15, -0.1) is 0 Å². The number of halogens is 1. The summed E-state index contributed by atoms with van der Waals surface area (Å²) < 4.78 is 14.8. The molecule has 3 heteroatoms. The molecule has 0 aliphatic heterocycles. The highest BCUT2D eigenvalue weighted by Gasteiger charge is 2.03. The summed E-state index contributed by atoms with van der Waals surface area (Å²) in [6.07, 6.45) is 3.79. The quantitative estimate of drug-likeness (QED) is 0.699. The van der Waals surface area contributed by atoms with E-state index >= 15 is 0 Å². The number of rotatable bonds is 3. The first-order valence-electron chi connectivity index (χ1n) is 6.55. The number of hydrogen-bond acceptors (Lipinski definition) is 1. The molecule has 2 aromatic carbocycles. The number of nitrogens with zero attached hydrogens (tertiary/aromatic N) is 2. The first-order chi connectivity index (χ1) is 9.70. The molecule has 1 heterocycles. The Kier molecular flexibility index (Phi) is 3.33. The van der Waals surface area contributed by atoms with Crippen molar-refractivity contribution in [1.82, 2.24) is 9.78 Å². The van der Waals surface area contributed by atoms with Crippen molar-refractivity contribution in [3.63, 3.8) is 0 Å². The molecule has 0 unspecified atom stereocenters. The van der Waals surface area contributed by atoms with Gasteiger partial charge in [0, 0.05) is 11.8 Å². The fourth-order valence-electron chi connectivity index (χ4n) is 2.12. The summed E-state index contributed by atoms with van der Waals surface area (Å²) in [6.45, 7) is 2.81. The van der Waals surface area contributed by atoms with Crippen molar-refractivity contribution < 1.29 is 4.39 Å². The summed E-state index contributed by atoms with van der Waals surface area (Å²) in [4.78, 5) is 0. The topological polar surface area (TPSA) is 17.8 Å². The minimum atomic E-state index is -0.221. The van der Waals surface area contributed by atoms with Gasteiger partial charge in [-0.3, -0.25) is 4.68 Å². The van der Waals surface area contributed by atoms with Crippen molar-refractivity contribution in [2.24, 2.45) is 0 Å². The van der Waals surface area contributed by atoms with Crippen LogP contribution < -0.4 is 0 Å². The van der Waals surface area contributed by atoms with Crippen molar-refractivity contribution in [3.8, 4) is 11.1 Å². The van der Waals surface area contributed by atoms with E-state index in [2.05, 4.69) is 36.3 Å². The first-order valence-corrected chi connectivity index (χ1v) is 6.55. The van der Waals surface area contributed by atoms with Gasteiger partial charge in [0.2, 0.25) is 0 Å². The lowest BCUT2D eigenvalue weighted by Gasteiger charge is -2.02. The standard InChI is InChI=1S/C17H15FN2/c1-13-2-4-14(5-3-13)11-20-12-16(10-19-20)15-6-8-17(18)9-7-15/h2-10,12H,11H2,1H3. The maximum absolute atomic E-state index is 12.9. The molecule has 0 bridgehead atoms. The van der Waals surface area contributed by atoms with E-state index in [9.17, 15) is 4.39 Å². The summed E-state index contributed by atoms with van der Waals surface area (Å²) in [7, 11) is 0. The molecule has 0 fully saturated rings. The van der Waals surface area contributed by atoms with E-state index < -0.39 is 0 Å². The molecule has 0 amide bonds. The Bertz CT molecular complexity index is 697. The second-order valence-corrected chi connectivity index (χ2v) is 4.92. The molecule has 3 rings (SSSR count). The normalized spacial score (nSPS) is 10.7. The van der Waals surface area contributed by atoms with Crippen LogP contribution in [0.4, 0.5) is 4.39 Å². The summed E-state index contributed by atoms with van der Waals surface area (Å²) >= 11 is 0. The summed E-state index contributed by atoms with van der Waals surface area (Å²) in [5, 5.41) is 4.36. The van der Waals surface area contributed by atoms with Crippen LogP contribution in [0.1, 0.15) is 11.1 Å². The van der Waals surface area contributed by atoms with Gasteiger partial charge in [0.15, 0.2) is 0 Å². The van der Waals surface area contributed by atoms with Gasteiger partial charge in [0.05, 0.1) is 12.7 Å². The Morgan fingerprint density at radius 3 is 2.35 bits per heavy atom. The molecular weight excluding hydrogens is 251 g/mol. The second-order valence-electron chi connectivity index (χ2n) is 4.92. The molecule has 3 aromatic rings. The predicted octanol–water partition coefficient (Wildman–Crippen LogP) is 4.05. The monoisotopic (exact) mass is 266 g/mol. The smallest absolute Gasteiger partial charge is 0.123 e. The van der Waals surface area contributed by atoms with Crippen LogP contribution in [0.3, 0.4) is 0 Å². The zero-order chi connectivity index (χ0) is 13.9. The Morgan fingerprint density at radius 1 is 0.950 bits per heavy atom. The zero-order valence-electron chi connectivity index (χ0n) is 11.3. The van der Waals surface area contributed by atoms with Crippen LogP contribution in [-0.4, -0.2) is 9.78 Å². The SMILES string of the molecule is Cc1ccc(Cn2cc(-c3ccc(F)cc3)cn2)cc1. The first kappa shape index (κ1) is 12.6. The molecule has 0 spiro atoms. The Labute approximate surface area is 117 Å². The molecule has 0 atom stereocenters. The average molecular weight is 266 g/mol. The third-order valence-electron chi connectivity index (χ3n) is 3.28. The van der Waals surface area contributed by atoms with Gasteiger partial charge in [-0.2, -0.15) is 5.10 Å². The Morgan fingerprint density at radius 2 is 1.65 bits per heavy atom. The Hall–Kier alpha value is -2.42. The largest absolute Gasteiger partial charge is 0.268 e. The molecular formula is C17H15FN2. The van der Waals surface area contributed by atoms with Crippen molar-refractivity contribution in [2.45, 2.75) is 13.5 Å². The summed E-state index contributed by atoms with van der Waals surface area (Å²) in [5.41, 5.74) is 4.43.